The standard InChI is InChI=1S/C23H23Cl2N3O4S/c24-16-8-15(9-17(25)10-16)22(30)28-5-3-23(4-6-28)27-18(12-33-23)21(29)26-11-14-1-2-19-20(7-14)32-13-31-19/h1-2,7-10,18,27H,3-6,11-13H2,(H,26,29). The number of carbonyl (C=O) groups is 2. The number of likely N-dealkylation sites (tertiary alicyclic amines) is 1. The van der Waals surface area contributed by atoms with E-state index in [0.717, 1.165) is 24.2 Å². The fourth-order valence-corrected chi connectivity index (χ4v) is 6.31. The van der Waals surface area contributed by atoms with Gasteiger partial charge < -0.3 is 19.7 Å². The Bertz CT molecular complexity index is 1070. The maximum Gasteiger partial charge on any atom is 0.253 e. The number of ether oxygens (including phenoxy) is 2. The summed E-state index contributed by atoms with van der Waals surface area (Å²) in [5, 5.41) is 7.43. The number of amides is 2. The van der Waals surface area contributed by atoms with E-state index in [-0.39, 0.29) is 29.5 Å². The van der Waals surface area contributed by atoms with Crippen LogP contribution in [0.15, 0.2) is 36.4 Å². The van der Waals surface area contributed by atoms with Crippen LogP contribution in [-0.2, 0) is 11.3 Å². The van der Waals surface area contributed by atoms with Gasteiger partial charge in [0.2, 0.25) is 12.7 Å². The lowest BCUT2D eigenvalue weighted by Crippen LogP contribution is -2.54. The number of hydrogen-bond donors (Lipinski definition) is 2. The van der Waals surface area contributed by atoms with Gasteiger partial charge in [-0.1, -0.05) is 29.3 Å². The van der Waals surface area contributed by atoms with Crippen LogP contribution in [0.1, 0.15) is 28.8 Å². The normalized spacial score (nSPS) is 20.8. The van der Waals surface area contributed by atoms with Crippen molar-refractivity contribution in [2.75, 3.05) is 25.6 Å². The zero-order valence-corrected chi connectivity index (χ0v) is 20.1. The zero-order valence-electron chi connectivity index (χ0n) is 17.7. The molecule has 3 aliphatic rings. The lowest BCUT2D eigenvalue weighted by Gasteiger charge is -2.39. The van der Waals surface area contributed by atoms with Gasteiger partial charge in [-0.15, -0.1) is 11.8 Å². The van der Waals surface area contributed by atoms with Crippen LogP contribution in [0, 0.1) is 0 Å². The zero-order chi connectivity index (χ0) is 23.0. The first kappa shape index (κ1) is 22.7. The van der Waals surface area contributed by atoms with E-state index in [1.54, 1.807) is 30.0 Å². The fraction of sp³-hybridized carbons (Fsp3) is 0.391. The molecule has 2 aromatic rings. The van der Waals surface area contributed by atoms with E-state index < -0.39 is 0 Å². The number of halogens is 2. The van der Waals surface area contributed by atoms with Crippen LogP contribution in [0.2, 0.25) is 10.0 Å². The van der Waals surface area contributed by atoms with Gasteiger partial charge in [0.15, 0.2) is 11.5 Å². The van der Waals surface area contributed by atoms with Crippen molar-refractivity contribution in [1.82, 2.24) is 15.5 Å². The minimum absolute atomic E-state index is 0.0240. The molecule has 1 unspecified atom stereocenters. The van der Waals surface area contributed by atoms with E-state index in [1.807, 2.05) is 23.1 Å². The fourth-order valence-electron chi connectivity index (χ4n) is 4.37. The SMILES string of the molecule is O=C(NCc1ccc2c(c1)OCO2)C1CSC2(CCN(C(=O)c3cc(Cl)cc(Cl)c3)CC2)N1. The second-order valence-corrected chi connectivity index (χ2v) is 10.6. The predicted molar refractivity (Wildman–Crippen MR) is 128 cm³/mol. The lowest BCUT2D eigenvalue weighted by molar-refractivity contribution is -0.122. The van der Waals surface area contributed by atoms with Crippen LogP contribution in [0.3, 0.4) is 0 Å². The molecule has 0 radical (unpaired) electrons. The highest BCUT2D eigenvalue weighted by Gasteiger charge is 2.44. The first-order valence-electron chi connectivity index (χ1n) is 10.7. The molecule has 5 rings (SSSR count). The molecule has 2 amide bonds. The van der Waals surface area contributed by atoms with Crippen molar-refractivity contribution < 1.29 is 19.1 Å². The minimum atomic E-state index is -0.266. The largest absolute Gasteiger partial charge is 0.454 e. The van der Waals surface area contributed by atoms with E-state index in [2.05, 4.69) is 10.6 Å². The van der Waals surface area contributed by atoms with Crippen LogP contribution >= 0.6 is 35.0 Å². The van der Waals surface area contributed by atoms with Gasteiger partial charge in [0.1, 0.15) is 0 Å². The van der Waals surface area contributed by atoms with Gasteiger partial charge in [-0.3, -0.25) is 14.9 Å². The molecular weight excluding hydrogens is 485 g/mol. The molecule has 2 saturated heterocycles. The maximum atomic E-state index is 12.9. The molecule has 0 saturated carbocycles. The monoisotopic (exact) mass is 507 g/mol. The van der Waals surface area contributed by atoms with E-state index >= 15 is 0 Å². The quantitative estimate of drug-likeness (QED) is 0.656. The molecule has 0 bridgehead atoms. The number of nitrogens with one attached hydrogen (secondary N) is 2. The van der Waals surface area contributed by atoms with Gasteiger partial charge in [-0.05, 0) is 48.7 Å². The van der Waals surface area contributed by atoms with E-state index in [1.165, 1.54) is 0 Å². The number of piperidine rings is 1. The Hall–Kier alpha value is -2.13. The van der Waals surface area contributed by atoms with Crippen LogP contribution in [0.25, 0.3) is 0 Å². The Balaban J connectivity index is 1.13. The number of hydrogen-bond acceptors (Lipinski definition) is 6. The summed E-state index contributed by atoms with van der Waals surface area (Å²) in [4.78, 5) is 27.3. The summed E-state index contributed by atoms with van der Waals surface area (Å²) in [6.07, 6.45) is 1.54. The van der Waals surface area contributed by atoms with E-state index in [4.69, 9.17) is 32.7 Å². The molecule has 33 heavy (non-hydrogen) atoms. The summed E-state index contributed by atoms with van der Waals surface area (Å²) >= 11 is 13.9. The second-order valence-electron chi connectivity index (χ2n) is 8.36. The first-order valence-corrected chi connectivity index (χ1v) is 12.5. The van der Waals surface area contributed by atoms with Gasteiger partial charge in [0, 0.05) is 41.0 Å². The van der Waals surface area contributed by atoms with Crippen molar-refractivity contribution in [1.29, 1.82) is 0 Å². The highest BCUT2D eigenvalue weighted by Crippen LogP contribution is 2.39. The van der Waals surface area contributed by atoms with Gasteiger partial charge in [-0.25, -0.2) is 0 Å². The first-order chi connectivity index (χ1) is 15.9. The topological polar surface area (TPSA) is 79.9 Å². The lowest BCUT2D eigenvalue weighted by atomic mass is 10.0. The van der Waals surface area contributed by atoms with Crippen LogP contribution in [-0.4, -0.2) is 53.3 Å². The average Bonchev–Trinajstić information content (AvgIpc) is 3.44. The molecule has 3 aliphatic heterocycles. The predicted octanol–water partition coefficient (Wildman–Crippen LogP) is 3.68. The van der Waals surface area contributed by atoms with Gasteiger partial charge in [0.25, 0.3) is 5.91 Å². The van der Waals surface area contributed by atoms with Crippen molar-refractivity contribution in [3.8, 4) is 11.5 Å². The molecule has 7 nitrogen and oxygen atoms in total. The second kappa shape index (κ2) is 9.25. The molecule has 0 aromatic heterocycles. The molecule has 2 fully saturated rings. The molecule has 2 aromatic carbocycles. The summed E-state index contributed by atoms with van der Waals surface area (Å²) in [6.45, 7) is 1.87. The molecule has 1 atom stereocenters. The van der Waals surface area contributed by atoms with Gasteiger partial charge >= 0.3 is 0 Å². The third-order valence-corrected chi connectivity index (χ3v) is 8.17. The number of thioether (sulfide) groups is 1. The third kappa shape index (κ3) is 4.89. The minimum Gasteiger partial charge on any atom is -0.454 e. The van der Waals surface area contributed by atoms with Crippen molar-refractivity contribution in [2.45, 2.75) is 30.3 Å². The van der Waals surface area contributed by atoms with Gasteiger partial charge in [-0.2, -0.15) is 0 Å². The Morgan fingerprint density at radius 3 is 2.58 bits per heavy atom. The molecule has 2 N–H and O–H groups in total. The summed E-state index contributed by atoms with van der Waals surface area (Å²) in [7, 11) is 0. The Labute approximate surface area is 206 Å². The molecular formula is C23H23Cl2N3O4S. The summed E-state index contributed by atoms with van der Waals surface area (Å²) in [5.41, 5.74) is 1.46. The van der Waals surface area contributed by atoms with Gasteiger partial charge in [0.05, 0.1) is 10.9 Å². The highest BCUT2D eigenvalue weighted by atomic mass is 35.5. The Morgan fingerprint density at radius 2 is 1.82 bits per heavy atom. The van der Waals surface area contributed by atoms with Crippen LogP contribution < -0.4 is 20.1 Å². The number of fused-ring (bicyclic) bond motifs is 1. The number of benzene rings is 2. The molecule has 1 spiro atoms. The van der Waals surface area contributed by atoms with Crippen molar-refractivity contribution >= 4 is 46.8 Å². The summed E-state index contributed by atoms with van der Waals surface area (Å²) in [5.74, 6) is 2.03. The summed E-state index contributed by atoms with van der Waals surface area (Å²) < 4.78 is 10.7. The van der Waals surface area contributed by atoms with Crippen molar-refractivity contribution in [3.63, 3.8) is 0 Å². The average molecular weight is 508 g/mol. The summed E-state index contributed by atoms with van der Waals surface area (Å²) in [6, 6.07) is 10.3. The Kier molecular flexibility index (Phi) is 6.35. The maximum absolute atomic E-state index is 12.9. The van der Waals surface area contributed by atoms with Crippen molar-refractivity contribution in [3.05, 3.63) is 57.6 Å². The van der Waals surface area contributed by atoms with Crippen molar-refractivity contribution in [2.24, 2.45) is 0 Å². The molecule has 174 valence electrons. The number of carbonyl (C=O) groups excluding carboxylic acids is 2. The molecule has 10 heteroatoms. The Morgan fingerprint density at radius 1 is 1.09 bits per heavy atom. The van der Waals surface area contributed by atoms with E-state index in [0.29, 0.717) is 46.7 Å². The molecule has 0 aliphatic carbocycles. The van der Waals surface area contributed by atoms with Crippen LogP contribution in [0.5, 0.6) is 11.5 Å². The molecule has 3 heterocycles. The third-order valence-electron chi connectivity index (χ3n) is 6.15. The smallest absolute Gasteiger partial charge is 0.253 e. The number of nitrogens with zero attached hydrogens (tertiary/aromatic N) is 1. The highest BCUT2D eigenvalue weighted by molar-refractivity contribution is 8.01. The van der Waals surface area contributed by atoms with E-state index in [9.17, 15) is 9.59 Å². The van der Waals surface area contributed by atoms with Crippen LogP contribution in [0.4, 0.5) is 0 Å². The number of rotatable bonds is 4.